The first-order valence-electron chi connectivity index (χ1n) is 12.4. The van der Waals surface area contributed by atoms with Gasteiger partial charge in [0.15, 0.2) is 0 Å². The molecule has 0 spiro atoms. The Kier molecular flexibility index (Phi) is 9.57. The van der Waals surface area contributed by atoms with Crippen molar-refractivity contribution in [2.75, 3.05) is 48.1 Å². The topological polar surface area (TPSA) is 102 Å². The Bertz CT molecular complexity index is 1140. The SMILES string of the molecule is COCCN(CC(=O)N1N=C(c2ccc(OC)cc2)CC1c1cc(OC)ccc1OC)C(=O)NC(C)(C)C. The maximum Gasteiger partial charge on any atom is 0.318 e. The van der Waals surface area contributed by atoms with Crippen molar-refractivity contribution in [1.29, 1.82) is 0 Å². The first kappa shape index (κ1) is 28.8. The number of carbonyl (C=O) groups excluding carboxylic acids is 2. The zero-order valence-corrected chi connectivity index (χ0v) is 23.2. The van der Waals surface area contributed by atoms with Crippen molar-refractivity contribution >= 4 is 17.6 Å². The summed E-state index contributed by atoms with van der Waals surface area (Å²) in [6.45, 7) is 6.03. The molecule has 1 aliphatic heterocycles. The van der Waals surface area contributed by atoms with Gasteiger partial charge >= 0.3 is 6.03 Å². The first-order valence-corrected chi connectivity index (χ1v) is 12.4. The van der Waals surface area contributed by atoms with E-state index in [1.807, 2.05) is 57.2 Å². The second-order valence-electron chi connectivity index (χ2n) is 9.94. The van der Waals surface area contributed by atoms with Crippen molar-refractivity contribution in [2.45, 2.75) is 38.8 Å². The summed E-state index contributed by atoms with van der Waals surface area (Å²) in [5, 5.41) is 9.11. The molecular formula is C28H38N4O6. The molecule has 0 saturated heterocycles. The van der Waals surface area contributed by atoms with Gasteiger partial charge in [-0.25, -0.2) is 9.80 Å². The average molecular weight is 527 g/mol. The molecule has 1 unspecified atom stereocenters. The van der Waals surface area contributed by atoms with Crippen molar-refractivity contribution in [3.05, 3.63) is 53.6 Å². The maximum absolute atomic E-state index is 13.8. The standard InChI is InChI=1S/C28H38N4O6/c1-28(2,3)29-27(34)31(14-15-35-4)18-26(33)32-24(22-16-21(37-6)12-13-25(22)38-7)17-23(30-32)19-8-10-20(36-5)11-9-19/h8-13,16,24H,14-15,17-18H2,1-7H3,(H,29,34). The van der Waals surface area contributed by atoms with E-state index >= 15 is 0 Å². The Morgan fingerprint density at radius 2 is 1.66 bits per heavy atom. The molecule has 10 heteroatoms. The van der Waals surface area contributed by atoms with E-state index in [9.17, 15) is 9.59 Å². The van der Waals surface area contributed by atoms with Gasteiger partial charge in [-0.05, 0) is 68.8 Å². The predicted octanol–water partition coefficient (Wildman–Crippen LogP) is 3.85. The molecule has 1 heterocycles. The van der Waals surface area contributed by atoms with E-state index in [-0.39, 0.29) is 25.0 Å². The predicted molar refractivity (Wildman–Crippen MR) is 145 cm³/mol. The van der Waals surface area contributed by atoms with Crippen LogP contribution in [0.1, 0.15) is 44.4 Å². The molecule has 2 aromatic carbocycles. The Morgan fingerprint density at radius 3 is 2.24 bits per heavy atom. The molecule has 3 rings (SSSR count). The Labute approximate surface area is 224 Å². The Hall–Kier alpha value is -3.79. The number of hydrogen-bond donors (Lipinski definition) is 1. The number of hydrazone groups is 1. The fourth-order valence-electron chi connectivity index (χ4n) is 4.13. The van der Waals surface area contributed by atoms with Crippen molar-refractivity contribution in [3.63, 3.8) is 0 Å². The van der Waals surface area contributed by atoms with Crippen LogP contribution in [0, 0.1) is 0 Å². The van der Waals surface area contributed by atoms with E-state index in [2.05, 4.69) is 5.32 Å². The van der Waals surface area contributed by atoms with Crippen molar-refractivity contribution in [2.24, 2.45) is 5.10 Å². The van der Waals surface area contributed by atoms with E-state index in [1.165, 1.54) is 9.91 Å². The fourth-order valence-corrected chi connectivity index (χ4v) is 4.13. The zero-order valence-electron chi connectivity index (χ0n) is 23.2. The second-order valence-corrected chi connectivity index (χ2v) is 9.94. The van der Waals surface area contributed by atoms with Crippen LogP contribution in [-0.2, 0) is 9.53 Å². The van der Waals surface area contributed by atoms with Crippen LogP contribution in [0.2, 0.25) is 0 Å². The smallest absolute Gasteiger partial charge is 0.318 e. The molecule has 0 bridgehead atoms. The van der Waals surface area contributed by atoms with Gasteiger partial charge < -0.3 is 29.2 Å². The minimum absolute atomic E-state index is 0.173. The highest BCUT2D eigenvalue weighted by atomic mass is 16.5. The summed E-state index contributed by atoms with van der Waals surface area (Å²) in [5.74, 6) is 1.65. The summed E-state index contributed by atoms with van der Waals surface area (Å²) >= 11 is 0. The highest BCUT2D eigenvalue weighted by Crippen LogP contribution is 2.39. The number of carbonyl (C=O) groups is 2. The molecule has 206 valence electrons. The quantitative estimate of drug-likeness (QED) is 0.505. The summed E-state index contributed by atoms with van der Waals surface area (Å²) < 4.78 is 21.5. The molecule has 10 nitrogen and oxygen atoms in total. The molecule has 3 amide bonds. The molecule has 0 aromatic heterocycles. The van der Waals surface area contributed by atoms with Crippen LogP contribution in [0.4, 0.5) is 4.79 Å². The number of nitrogens with zero attached hydrogens (tertiary/aromatic N) is 3. The lowest BCUT2D eigenvalue weighted by Crippen LogP contribution is -2.52. The minimum atomic E-state index is -0.463. The summed E-state index contributed by atoms with van der Waals surface area (Å²) in [6.07, 6.45) is 0.452. The zero-order chi connectivity index (χ0) is 27.9. The number of urea groups is 1. The fraction of sp³-hybridized carbons (Fsp3) is 0.464. The van der Waals surface area contributed by atoms with Gasteiger partial charge in [0.25, 0.3) is 5.91 Å². The van der Waals surface area contributed by atoms with E-state index in [1.54, 1.807) is 34.5 Å². The highest BCUT2D eigenvalue weighted by Gasteiger charge is 2.36. The number of rotatable bonds is 10. The lowest BCUT2D eigenvalue weighted by molar-refractivity contribution is -0.133. The van der Waals surface area contributed by atoms with Crippen molar-refractivity contribution < 1.29 is 28.5 Å². The average Bonchev–Trinajstić information content (AvgIpc) is 3.35. The van der Waals surface area contributed by atoms with Gasteiger partial charge in [-0.1, -0.05) is 0 Å². The van der Waals surface area contributed by atoms with E-state index in [0.29, 0.717) is 24.5 Å². The molecule has 1 N–H and O–H groups in total. The number of hydrogen-bond acceptors (Lipinski definition) is 7. The van der Waals surface area contributed by atoms with Crippen LogP contribution >= 0.6 is 0 Å². The van der Waals surface area contributed by atoms with Gasteiger partial charge in [-0.2, -0.15) is 5.10 Å². The highest BCUT2D eigenvalue weighted by molar-refractivity contribution is 6.03. The van der Waals surface area contributed by atoms with E-state index in [0.717, 1.165) is 22.6 Å². The van der Waals surface area contributed by atoms with Crippen LogP contribution in [0.3, 0.4) is 0 Å². The number of amides is 3. The van der Waals surface area contributed by atoms with Crippen LogP contribution in [0.5, 0.6) is 17.2 Å². The van der Waals surface area contributed by atoms with Gasteiger partial charge in [0.1, 0.15) is 23.8 Å². The second kappa shape index (κ2) is 12.6. The molecule has 2 aromatic rings. The number of ether oxygens (including phenoxy) is 4. The van der Waals surface area contributed by atoms with Crippen LogP contribution in [-0.4, -0.2) is 81.2 Å². The number of methoxy groups -OCH3 is 4. The summed E-state index contributed by atoms with van der Waals surface area (Å²) in [4.78, 5) is 28.2. The van der Waals surface area contributed by atoms with E-state index in [4.69, 9.17) is 24.0 Å². The van der Waals surface area contributed by atoms with Crippen molar-refractivity contribution in [1.82, 2.24) is 15.2 Å². The monoisotopic (exact) mass is 526 g/mol. The van der Waals surface area contributed by atoms with Gasteiger partial charge in [-0.3, -0.25) is 4.79 Å². The third-order valence-corrected chi connectivity index (χ3v) is 6.05. The van der Waals surface area contributed by atoms with Gasteiger partial charge in [0, 0.05) is 31.2 Å². The molecule has 1 atom stereocenters. The molecule has 0 saturated carbocycles. The van der Waals surface area contributed by atoms with Gasteiger partial charge in [0.2, 0.25) is 0 Å². The summed E-state index contributed by atoms with van der Waals surface area (Å²) in [5.41, 5.74) is 1.90. The van der Waals surface area contributed by atoms with E-state index < -0.39 is 11.6 Å². The molecule has 0 fully saturated rings. The van der Waals surface area contributed by atoms with Crippen LogP contribution < -0.4 is 19.5 Å². The van der Waals surface area contributed by atoms with Gasteiger partial charge in [-0.15, -0.1) is 0 Å². The van der Waals surface area contributed by atoms with Crippen molar-refractivity contribution in [3.8, 4) is 17.2 Å². The maximum atomic E-state index is 13.8. The third kappa shape index (κ3) is 7.16. The van der Waals surface area contributed by atoms with Crippen LogP contribution in [0.25, 0.3) is 0 Å². The Balaban J connectivity index is 1.98. The largest absolute Gasteiger partial charge is 0.497 e. The lowest BCUT2D eigenvalue weighted by atomic mass is 9.97. The molecular weight excluding hydrogens is 488 g/mol. The van der Waals surface area contributed by atoms with Gasteiger partial charge in [0.05, 0.1) is 39.7 Å². The molecule has 0 radical (unpaired) electrons. The lowest BCUT2D eigenvalue weighted by Gasteiger charge is -2.30. The number of nitrogens with one attached hydrogen (secondary N) is 1. The minimum Gasteiger partial charge on any atom is -0.497 e. The Morgan fingerprint density at radius 1 is 1.00 bits per heavy atom. The van der Waals surface area contributed by atoms with Crippen LogP contribution in [0.15, 0.2) is 47.6 Å². The summed E-state index contributed by atoms with van der Waals surface area (Å²) in [7, 11) is 6.34. The normalized spacial score (nSPS) is 15.1. The molecule has 1 aliphatic rings. The number of benzene rings is 2. The molecule has 38 heavy (non-hydrogen) atoms. The third-order valence-electron chi connectivity index (χ3n) is 6.05. The molecule has 0 aliphatic carbocycles. The first-order chi connectivity index (χ1) is 18.1. The summed E-state index contributed by atoms with van der Waals surface area (Å²) in [6, 6.07) is 12.2.